The number of carbonyl (C=O) groups excluding carboxylic acids is 1. The van der Waals surface area contributed by atoms with E-state index in [2.05, 4.69) is 0 Å². The van der Waals surface area contributed by atoms with Gasteiger partial charge in [-0.3, -0.25) is 4.79 Å². The zero-order chi connectivity index (χ0) is 18.0. The molecule has 2 aromatic carbocycles. The maximum Gasteiger partial charge on any atom is 0.327 e. The molecule has 0 spiro atoms. The lowest BCUT2D eigenvalue weighted by molar-refractivity contribution is -0.148. The van der Waals surface area contributed by atoms with Crippen LogP contribution in [-0.2, 0) is 16.0 Å². The van der Waals surface area contributed by atoms with Crippen LogP contribution in [0.4, 0.5) is 4.39 Å². The number of aliphatic carboxylic acids is 1. The average molecular weight is 380 g/mol. The van der Waals surface area contributed by atoms with Crippen molar-refractivity contribution in [3.63, 3.8) is 0 Å². The summed E-state index contributed by atoms with van der Waals surface area (Å²) >= 11 is 7.22. The van der Waals surface area contributed by atoms with Crippen molar-refractivity contribution in [3.05, 3.63) is 70.5 Å². The Morgan fingerprint density at radius 1 is 1.16 bits per heavy atom. The highest BCUT2D eigenvalue weighted by Gasteiger charge is 2.42. The monoisotopic (exact) mass is 379 g/mol. The molecule has 1 heterocycles. The minimum atomic E-state index is -1.04. The highest BCUT2D eigenvalue weighted by molar-refractivity contribution is 7.99. The first-order chi connectivity index (χ1) is 12.0. The van der Waals surface area contributed by atoms with E-state index in [9.17, 15) is 19.1 Å². The number of carbonyl (C=O) groups is 2. The van der Waals surface area contributed by atoms with Crippen LogP contribution in [0.25, 0.3) is 0 Å². The third kappa shape index (κ3) is 3.96. The predicted molar refractivity (Wildman–Crippen MR) is 95.0 cm³/mol. The smallest absolute Gasteiger partial charge is 0.327 e. The molecule has 3 rings (SSSR count). The number of benzene rings is 2. The van der Waals surface area contributed by atoms with Crippen LogP contribution < -0.4 is 0 Å². The summed E-state index contributed by atoms with van der Waals surface area (Å²) in [6, 6.07) is 11.7. The number of hydrogen-bond donors (Lipinski definition) is 1. The largest absolute Gasteiger partial charge is 0.480 e. The van der Waals surface area contributed by atoms with Crippen LogP contribution in [0.5, 0.6) is 0 Å². The second-order valence-electron chi connectivity index (χ2n) is 5.70. The molecule has 0 bridgehead atoms. The van der Waals surface area contributed by atoms with Crippen molar-refractivity contribution in [2.45, 2.75) is 17.8 Å². The molecule has 1 amide bonds. The fourth-order valence-electron chi connectivity index (χ4n) is 2.75. The maximum absolute atomic E-state index is 13.2. The van der Waals surface area contributed by atoms with E-state index in [1.807, 2.05) is 0 Å². The molecule has 2 aromatic rings. The van der Waals surface area contributed by atoms with Gasteiger partial charge in [-0.2, -0.15) is 0 Å². The molecular weight excluding hydrogens is 365 g/mol. The summed E-state index contributed by atoms with van der Waals surface area (Å²) in [6.07, 6.45) is 0.0825. The van der Waals surface area contributed by atoms with Crippen LogP contribution in [0.2, 0.25) is 5.02 Å². The molecule has 4 nitrogen and oxygen atoms in total. The van der Waals surface area contributed by atoms with Crippen LogP contribution in [0.3, 0.4) is 0 Å². The summed E-state index contributed by atoms with van der Waals surface area (Å²) < 4.78 is 13.2. The lowest BCUT2D eigenvalue weighted by Crippen LogP contribution is -2.43. The van der Waals surface area contributed by atoms with E-state index in [1.54, 1.807) is 36.4 Å². The molecule has 1 fully saturated rings. The molecule has 1 N–H and O–H groups in total. The summed E-state index contributed by atoms with van der Waals surface area (Å²) in [4.78, 5) is 25.8. The first-order valence-electron chi connectivity index (χ1n) is 7.61. The minimum Gasteiger partial charge on any atom is -0.480 e. The molecule has 2 atom stereocenters. The van der Waals surface area contributed by atoms with Crippen LogP contribution in [0, 0.1) is 5.82 Å². The number of carboxylic acid groups (broad SMARTS) is 1. The Hall–Kier alpha value is -2.05. The molecule has 0 aromatic heterocycles. The number of hydrogen-bond acceptors (Lipinski definition) is 3. The average Bonchev–Trinajstić information content (AvgIpc) is 3.03. The van der Waals surface area contributed by atoms with Crippen LogP contribution in [-0.4, -0.2) is 33.7 Å². The van der Waals surface area contributed by atoms with Gasteiger partial charge in [-0.05, 0) is 35.4 Å². The van der Waals surface area contributed by atoms with E-state index in [4.69, 9.17) is 11.6 Å². The van der Waals surface area contributed by atoms with Gasteiger partial charge in [-0.25, -0.2) is 9.18 Å². The number of thioether (sulfide) groups is 1. The van der Waals surface area contributed by atoms with Crippen LogP contribution >= 0.6 is 23.4 Å². The first-order valence-corrected chi connectivity index (χ1v) is 9.04. The summed E-state index contributed by atoms with van der Waals surface area (Å²) in [5.41, 5.74) is 1.47. The Balaban J connectivity index is 1.86. The Labute approximate surface area is 153 Å². The molecule has 0 aliphatic carbocycles. The topological polar surface area (TPSA) is 57.6 Å². The van der Waals surface area contributed by atoms with Gasteiger partial charge in [0.2, 0.25) is 5.91 Å². The van der Waals surface area contributed by atoms with Gasteiger partial charge < -0.3 is 10.0 Å². The van der Waals surface area contributed by atoms with Crippen molar-refractivity contribution in [2.24, 2.45) is 0 Å². The number of amides is 1. The molecule has 1 aliphatic rings. The first kappa shape index (κ1) is 17.8. The molecule has 7 heteroatoms. The third-order valence-electron chi connectivity index (χ3n) is 4.00. The molecule has 0 unspecified atom stereocenters. The molecule has 25 heavy (non-hydrogen) atoms. The Morgan fingerprint density at radius 2 is 1.80 bits per heavy atom. The van der Waals surface area contributed by atoms with Crippen LogP contribution in [0.1, 0.15) is 16.5 Å². The maximum atomic E-state index is 13.2. The molecule has 0 radical (unpaired) electrons. The zero-order valence-electron chi connectivity index (χ0n) is 13.1. The molecule has 130 valence electrons. The van der Waals surface area contributed by atoms with E-state index in [0.717, 1.165) is 5.56 Å². The second kappa shape index (κ2) is 7.45. The van der Waals surface area contributed by atoms with Gasteiger partial charge >= 0.3 is 5.97 Å². The van der Waals surface area contributed by atoms with Crippen molar-refractivity contribution in [1.29, 1.82) is 0 Å². The van der Waals surface area contributed by atoms with E-state index >= 15 is 0 Å². The molecule has 1 aliphatic heterocycles. The van der Waals surface area contributed by atoms with Gasteiger partial charge in [-0.1, -0.05) is 35.9 Å². The second-order valence-corrected chi connectivity index (χ2v) is 7.25. The van der Waals surface area contributed by atoms with E-state index in [1.165, 1.54) is 28.8 Å². The Kier molecular flexibility index (Phi) is 5.30. The minimum absolute atomic E-state index is 0.0825. The van der Waals surface area contributed by atoms with Gasteiger partial charge in [-0.15, -0.1) is 11.8 Å². The lowest BCUT2D eigenvalue weighted by atomic mass is 10.1. The highest BCUT2D eigenvalue weighted by Crippen LogP contribution is 2.41. The molecular formula is C18H15ClFNO3S. The Morgan fingerprint density at radius 3 is 2.40 bits per heavy atom. The van der Waals surface area contributed by atoms with Crippen molar-refractivity contribution < 1.29 is 19.1 Å². The van der Waals surface area contributed by atoms with E-state index in [-0.39, 0.29) is 18.1 Å². The quantitative estimate of drug-likeness (QED) is 0.879. The lowest BCUT2D eigenvalue weighted by Gasteiger charge is -2.27. The Bertz CT molecular complexity index is 782. The fraction of sp³-hybridized carbons (Fsp3) is 0.222. The van der Waals surface area contributed by atoms with Crippen molar-refractivity contribution in [1.82, 2.24) is 4.90 Å². The van der Waals surface area contributed by atoms with Gasteiger partial charge in [0, 0.05) is 10.8 Å². The van der Waals surface area contributed by atoms with Crippen molar-refractivity contribution in [3.8, 4) is 0 Å². The van der Waals surface area contributed by atoms with E-state index in [0.29, 0.717) is 16.3 Å². The number of halogens is 2. The molecule has 1 saturated heterocycles. The van der Waals surface area contributed by atoms with E-state index < -0.39 is 17.4 Å². The standard InChI is InChI=1S/C18H15ClFNO3S/c19-13-5-1-11(2-6-13)9-16(22)21-15(18(23)24)10-25-17(21)12-3-7-14(20)8-4-12/h1-8,15,17H,9-10H2,(H,23,24)/t15-,17+/m0/s1. The summed E-state index contributed by atoms with van der Waals surface area (Å²) in [5.74, 6) is -1.40. The van der Waals surface area contributed by atoms with Gasteiger partial charge in [0.05, 0.1) is 6.42 Å². The molecule has 0 saturated carbocycles. The summed E-state index contributed by atoms with van der Waals surface area (Å²) in [5, 5.41) is 9.59. The van der Waals surface area contributed by atoms with Crippen molar-refractivity contribution >= 4 is 35.2 Å². The third-order valence-corrected chi connectivity index (χ3v) is 5.57. The normalized spacial score (nSPS) is 19.8. The number of rotatable bonds is 4. The van der Waals surface area contributed by atoms with Gasteiger partial charge in [0.25, 0.3) is 0 Å². The van der Waals surface area contributed by atoms with Gasteiger partial charge in [0.15, 0.2) is 0 Å². The predicted octanol–water partition coefficient (Wildman–Crippen LogP) is 3.75. The summed E-state index contributed by atoms with van der Waals surface area (Å²) in [7, 11) is 0. The van der Waals surface area contributed by atoms with Crippen LogP contribution in [0.15, 0.2) is 48.5 Å². The number of carboxylic acids is 1. The number of nitrogens with zero attached hydrogens (tertiary/aromatic N) is 1. The van der Waals surface area contributed by atoms with Gasteiger partial charge in [0.1, 0.15) is 17.2 Å². The SMILES string of the molecule is O=C(O)[C@@H]1CS[C@H](c2ccc(F)cc2)N1C(=O)Cc1ccc(Cl)cc1. The zero-order valence-corrected chi connectivity index (χ0v) is 14.6. The fourth-order valence-corrected chi connectivity index (χ4v) is 4.32. The highest BCUT2D eigenvalue weighted by atomic mass is 35.5. The van der Waals surface area contributed by atoms with Crippen molar-refractivity contribution in [2.75, 3.05) is 5.75 Å². The summed E-state index contributed by atoms with van der Waals surface area (Å²) in [6.45, 7) is 0.